The van der Waals surface area contributed by atoms with E-state index in [-0.39, 0.29) is 24.0 Å². The molecule has 1 heterocycles. The molecule has 0 radical (unpaired) electrons. The second kappa shape index (κ2) is 15.2. The van der Waals surface area contributed by atoms with Gasteiger partial charge in [0.05, 0.1) is 6.10 Å². The molecule has 1 rings (SSSR count). The summed E-state index contributed by atoms with van der Waals surface area (Å²) in [7, 11) is 2.09. The lowest BCUT2D eigenvalue weighted by molar-refractivity contribution is -0.0318. The van der Waals surface area contributed by atoms with Gasteiger partial charge in [-0.2, -0.15) is 0 Å². The van der Waals surface area contributed by atoms with Crippen LogP contribution in [0.5, 0.6) is 0 Å². The molecule has 23 heavy (non-hydrogen) atoms. The number of halogens is 1. The Labute approximate surface area is 158 Å². The lowest BCUT2D eigenvalue weighted by Crippen LogP contribution is -2.39. The monoisotopic (exact) mass is 439 g/mol. The van der Waals surface area contributed by atoms with Crippen LogP contribution in [0, 0.1) is 0 Å². The third-order valence-corrected chi connectivity index (χ3v) is 3.68. The second-order valence-electron chi connectivity index (χ2n) is 5.62. The first-order valence-electron chi connectivity index (χ1n) is 8.57. The molecule has 136 valence electrons. The Morgan fingerprint density at radius 1 is 1.39 bits per heavy atom. The molecule has 5 nitrogen and oxygen atoms in total. The Morgan fingerprint density at radius 2 is 2.13 bits per heavy atom. The summed E-state index contributed by atoms with van der Waals surface area (Å²) in [6.07, 6.45) is 7.52. The van der Waals surface area contributed by atoms with E-state index in [9.17, 15) is 0 Å². The predicted molar refractivity (Wildman–Crippen MR) is 108 cm³/mol. The maximum atomic E-state index is 5.87. The third-order valence-electron chi connectivity index (χ3n) is 3.68. The zero-order chi connectivity index (χ0) is 16.0. The molecule has 0 saturated carbocycles. The van der Waals surface area contributed by atoms with Crippen molar-refractivity contribution in [3.63, 3.8) is 0 Å². The molecule has 0 aliphatic carbocycles. The Balaban J connectivity index is 0.00000484. The molecular formula is C17H34IN3O2. The van der Waals surface area contributed by atoms with Crippen molar-refractivity contribution in [2.75, 3.05) is 46.5 Å². The van der Waals surface area contributed by atoms with Crippen LogP contribution in [0.15, 0.2) is 17.6 Å². The van der Waals surface area contributed by atoms with E-state index in [4.69, 9.17) is 9.47 Å². The van der Waals surface area contributed by atoms with Gasteiger partial charge in [-0.15, -0.1) is 30.6 Å². The quantitative estimate of drug-likeness (QED) is 0.187. The van der Waals surface area contributed by atoms with Gasteiger partial charge in [0, 0.05) is 46.5 Å². The third kappa shape index (κ3) is 10.9. The van der Waals surface area contributed by atoms with Crippen molar-refractivity contribution in [3.8, 4) is 0 Å². The zero-order valence-electron chi connectivity index (χ0n) is 14.8. The fourth-order valence-corrected chi connectivity index (χ4v) is 2.39. The zero-order valence-corrected chi connectivity index (χ0v) is 17.1. The van der Waals surface area contributed by atoms with Crippen molar-refractivity contribution in [1.29, 1.82) is 0 Å². The van der Waals surface area contributed by atoms with Crippen molar-refractivity contribution < 1.29 is 9.47 Å². The smallest absolute Gasteiger partial charge is 0.193 e. The normalized spacial score (nSPS) is 15.8. The Hall–Kier alpha value is -0.340. The Kier molecular flexibility index (Phi) is 15.0. The molecule has 0 bridgehead atoms. The molecule has 0 spiro atoms. The average molecular weight is 439 g/mol. The molecular weight excluding hydrogens is 405 g/mol. The van der Waals surface area contributed by atoms with Gasteiger partial charge in [-0.05, 0) is 39.0 Å². The number of unbranched alkanes of at least 4 members (excludes halogenated alkanes) is 1. The van der Waals surface area contributed by atoms with E-state index in [0.717, 1.165) is 77.5 Å². The highest BCUT2D eigenvalue weighted by Gasteiger charge is 2.13. The number of aliphatic imine (C=N–C) groups is 1. The first-order valence-corrected chi connectivity index (χ1v) is 8.57. The highest BCUT2D eigenvalue weighted by atomic mass is 127. The van der Waals surface area contributed by atoms with E-state index >= 15 is 0 Å². The molecule has 0 aromatic rings. The predicted octanol–water partition coefficient (Wildman–Crippen LogP) is 3.05. The molecule has 0 aromatic heterocycles. The van der Waals surface area contributed by atoms with Gasteiger partial charge >= 0.3 is 0 Å². The van der Waals surface area contributed by atoms with Gasteiger partial charge in [0.2, 0.25) is 0 Å². The number of nitrogens with one attached hydrogen (secondary N) is 1. The van der Waals surface area contributed by atoms with Crippen molar-refractivity contribution in [1.82, 2.24) is 10.2 Å². The first kappa shape index (κ1) is 22.7. The summed E-state index contributed by atoms with van der Waals surface area (Å²) < 4.78 is 11.2. The Bertz CT molecular complexity index is 321. The summed E-state index contributed by atoms with van der Waals surface area (Å²) in [6.45, 7) is 11.0. The van der Waals surface area contributed by atoms with Crippen LogP contribution >= 0.6 is 24.0 Å². The van der Waals surface area contributed by atoms with Gasteiger partial charge in [-0.3, -0.25) is 4.99 Å². The average Bonchev–Trinajstić information content (AvgIpc) is 2.54. The van der Waals surface area contributed by atoms with E-state index in [2.05, 4.69) is 35.8 Å². The van der Waals surface area contributed by atoms with Crippen LogP contribution in [-0.4, -0.2) is 63.5 Å². The summed E-state index contributed by atoms with van der Waals surface area (Å²) in [5.41, 5.74) is 0. The summed E-state index contributed by atoms with van der Waals surface area (Å²) >= 11 is 0. The van der Waals surface area contributed by atoms with Gasteiger partial charge in [0.1, 0.15) is 0 Å². The van der Waals surface area contributed by atoms with Crippen molar-refractivity contribution in [2.24, 2.45) is 4.99 Å². The fraction of sp³-hybridized carbons (Fsp3) is 0.824. The second-order valence-corrected chi connectivity index (χ2v) is 5.62. The van der Waals surface area contributed by atoms with Crippen LogP contribution < -0.4 is 5.32 Å². The van der Waals surface area contributed by atoms with Crippen molar-refractivity contribution in [3.05, 3.63) is 12.7 Å². The highest BCUT2D eigenvalue weighted by Crippen LogP contribution is 2.10. The number of ether oxygens (including phenoxy) is 2. The summed E-state index contributed by atoms with van der Waals surface area (Å²) in [6, 6.07) is 0. The van der Waals surface area contributed by atoms with Crippen LogP contribution in [0.4, 0.5) is 0 Å². The molecule has 1 aliphatic heterocycles. The van der Waals surface area contributed by atoms with E-state index in [1.54, 1.807) is 0 Å². The van der Waals surface area contributed by atoms with Gasteiger partial charge in [0.15, 0.2) is 5.96 Å². The van der Waals surface area contributed by atoms with Crippen LogP contribution in [0.1, 0.15) is 39.0 Å². The summed E-state index contributed by atoms with van der Waals surface area (Å²) in [5, 5.41) is 3.34. The maximum Gasteiger partial charge on any atom is 0.193 e. The minimum absolute atomic E-state index is 0. The van der Waals surface area contributed by atoms with E-state index in [1.165, 1.54) is 0 Å². The van der Waals surface area contributed by atoms with Crippen molar-refractivity contribution in [2.45, 2.75) is 45.1 Å². The minimum Gasteiger partial charge on any atom is -0.381 e. The van der Waals surface area contributed by atoms with Gasteiger partial charge in [-0.25, -0.2) is 0 Å². The SMILES string of the molecule is C=CCCCN(C)C(=NCCCOC1CCOCC1)NCC.I. The first-order chi connectivity index (χ1) is 10.8. The standard InChI is InChI=1S/C17H33N3O2.HI/c1-4-6-7-12-20(3)17(18-5-2)19-11-8-13-22-16-9-14-21-15-10-16;/h4,16H,1,5-15H2,2-3H3,(H,18,19);1H. The van der Waals surface area contributed by atoms with Crippen molar-refractivity contribution >= 4 is 29.9 Å². The minimum atomic E-state index is 0. The topological polar surface area (TPSA) is 46.1 Å². The number of nitrogens with zero attached hydrogens (tertiary/aromatic N) is 2. The van der Waals surface area contributed by atoms with Crippen LogP contribution in [-0.2, 0) is 9.47 Å². The molecule has 0 atom stereocenters. The molecule has 1 saturated heterocycles. The van der Waals surface area contributed by atoms with Crippen LogP contribution in [0.3, 0.4) is 0 Å². The van der Waals surface area contributed by atoms with Gasteiger partial charge in [-0.1, -0.05) is 6.08 Å². The molecule has 1 N–H and O–H groups in total. The summed E-state index contributed by atoms with van der Waals surface area (Å²) in [4.78, 5) is 6.86. The molecule has 1 aliphatic rings. The molecule has 0 amide bonds. The molecule has 1 fully saturated rings. The van der Waals surface area contributed by atoms with Crippen LogP contribution in [0.25, 0.3) is 0 Å². The number of hydrogen-bond acceptors (Lipinski definition) is 3. The lowest BCUT2D eigenvalue weighted by atomic mass is 10.1. The van der Waals surface area contributed by atoms with Gasteiger partial charge in [0.25, 0.3) is 0 Å². The number of allylic oxidation sites excluding steroid dienone is 1. The largest absolute Gasteiger partial charge is 0.381 e. The molecule has 0 aromatic carbocycles. The van der Waals surface area contributed by atoms with Gasteiger partial charge < -0.3 is 19.7 Å². The lowest BCUT2D eigenvalue weighted by Gasteiger charge is -2.23. The van der Waals surface area contributed by atoms with E-state index in [0.29, 0.717) is 6.10 Å². The fourth-order valence-electron chi connectivity index (χ4n) is 2.39. The summed E-state index contributed by atoms with van der Waals surface area (Å²) in [5.74, 6) is 0.984. The molecule has 6 heteroatoms. The highest BCUT2D eigenvalue weighted by molar-refractivity contribution is 14.0. The maximum absolute atomic E-state index is 5.87. The number of guanidine groups is 1. The molecule has 0 unspecified atom stereocenters. The number of hydrogen-bond donors (Lipinski definition) is 1. The number of rotatable bonds is 10. The van der Waals surface area contributed by atoms with E-state index in [1.807, 2.05) is 6.08 Å². The van der Waals surface area contributed by atoms with Crippen LogP contribution in [0.2, 0.25) is 0 Å². The Morgan fingerprint density at radius 3 is 2.78 bits per heavy atom. The van der Waals surface area contributed by atoms with E-state index < -0.39 is 0 Å².